The molecule has 1 aliphatic heterocycles. The van der Waals surface area contributed by atoms with Crippen LogP contribution in [0.4, 0.5) is 0 Å². The van der Waals surface area contributed by atoms with Gasteiger partial charge in [0, 0.05) is 12.6 Å². The van der Waals surface area contributed by atoms with Crippen LogP contribution in [0.15, 0.2) is 24.3 Å². The first-order valence-corrected chi connectivity index (χ1v) is 7.71. The topological polar surface area (TPSA) is 21.3 Å². The van der Waals surface area contributed by atoms with Gasteiger partial charge in [0.05, 0.1) is 6.10 Å². The molecule has 1 aliphatic rings. The maximum atomic E-state index is 5.74. The molecule has 2 atom stereocenters. The SMILES string of the molecule is CCCNC(CCC1CCCO1)c1ccc(C)cc1. The Morgan fingerprint density at radius 3 is 2.74 bits per heavy atom. The van der Waals surface area contributed by atoms with E-state index in [4.69, 9.17) is 4.74 Å². The number of ether oxygens (including phenoxy) is 1. The van der Waals surface area contributed by atoms with E-state index in [0.717, 1.165) is 13.2 Å². The Morgan fingerprint density at radius 2 is 2.11 bits per heavy atom. The molecule has 0 aromatic heterocycles. The fraction of sp³-hybridized carbons (Fsp3) is 0.647. The Hall–Kier alpha value is -0.860. The molecule has 1 aromatic rings. The lowest BCUT2D eigenvalue weighted by molar-refractivity contribution is 0.0996. The van der Waals surface area contributed by atoms with E-state index >= 15 is 0 Å². The van der Waals surface area contributed by atoms with Crippen LogP contribution in [0, 0.1) is 6.92 Å². The van der Waals surface area contributed by atoms with Crippen LogP contribution >= 0.6 is 0 Å². The van der Waals surface area contributed by atoms with E-state index in [9.17, 15) is 0 Å². The van der Waals surface area contributed by atoms with Crippen molar-refractivity contribution in [1.82, 2.24) is 5.32 Å². The molecule has 1 heterocycles. The molecule has 2 heteroatoms. The maximum absolute atomic E-state index is 5.74. The van der Waals surface area contributed by atoms with Gasteiger partial charge >= 0.3 is 0 Å². The third-order valence-corrected chi connectivity index (χ3v) is 3.92. The average molecular weight is 261 g/mol. The molecule has 19 heavy (non-hydrogen) atoms. The molecular formula is C17H27NO. The third-order valence-electron chi connectivity index (χ3n) is 3.92. The first kappa shape index (κ1) is 14.5. The minimum Gasteiger partial charge on any atom is -0.378 e. The van der Waals surface area contributed by atoms with Gasteiger partial charge in [0.15, 0.2) is 0 Å². The van der Waals surface area contributed by atoms with E-state index in [-0.39, 0.29) is 0 Å². The van der Waals surface area contributed by atoms with E-state index in [0.29, 0.717) is 12.1 Å². The third kappa shape index (κ3) is 4.63. The molecule has 1 aromatic carbocycles. The monoisotopic (exact) mass is 261 g/mol. The van der Waals surface area contributed by atoms with Crippen LogP contribution in [0.25, 0.3) is 0 Å². The molecule has 0 saturated carbocycles. The van der Waals surface area contributed by atoms with Crippen molar-refractivity contribution in [1.29, 1.82) is 0 Å². The minimum atomic E-state index is 0.477. The van der Waals surface area contributed by atoms with Crippen LogP contribution in [-0.4, -0.2) is 19.3 Å². The molecule has 2 rings (SSSR count). The summed E-state index contributed by atoms with van der Waals surface area (Å²) in [4.78, 5) is 0. The summed E-state index contributed by atoms with van der Waals surface area (Å²) >= 11 is 0. The van der Waals surface area contributed by atoms with Crippen molar-refractivity contribution in [2.45, 2.75) is 58.1 Å². The molecule has 0 spiro atoms. The molecule has 0 bridgehead atoms. The number of nitrogens with one attached hydrogen (secondary N) is 1. The summed E-state index contributed by atoms with van der Waals surface area (Å²) in [5.41, 5.74) is 2.74. The summed E-state index contributed by atoms with van der Waals surface area (Å²) < 4.78 is 5.74. The second-order valence-electron chi connectivity index (χ2n) is 5.63. The molecule has 0 amide bonds. The Kier molecular flexibility index (Phi) is 5.87. The first-order valence-electron chi connectivity index (χ1n) is 7.71. The quantitative estimate of drug-likeness (QED) is 0.801. The summed E-state index contributed by atoms with van der Waals surface area (Å²) in [7, 11) is 0. The highest BCUT2D eigenvalue weighted by Gasteiger charge is 2.18. The summed E-state index contributed by atoms with van der Waals surface area (Å²) in [6.07, 6.45) is 6.51. The first-order chi connectivity index (χ1) is 9.29. The fourth-order valence-electron chi connectivity index (χ4n) is 2.73. The number of benzene rings is 1. The zero-order chi connectivity index (χ0) is 13.5. The highest BCUT2D eigenvalue weighted by molar-refractivity contribution is 5.24. The van der Waals surface area contributed by atoms with Crippen LogP contribution in [0.1, 0.15) is 56.2 Å². The zero-order valence-electron chi connectivity index (χ0n) is 12.3. The predicted octanol–water partition coefficient (Wildman–Crippen LogP) is 3.99. The normalized spacial score (nSPS) is 20.6. The highest BCUT2D eigenvalue weighted by Crippen LogP contribution is 2.24. The molecule has 1 N–H and O–H groups in total. The van der Waals surface area contributed by atoms with Gasteiger partial charge in [-0.15, -0.1) is 0 Å². The highest BCUT2D eigenvalue weighted by atomic mass is 16.5. The van der Waals surface area contributed by atoms with Crippen LogP contribution in [0.2, 0.25) is 0 Å². The second kappa shape index (κ2) is 7.66. The maximum Gasteiger partial charge on any atom is 0.0576 e. The molecule has 0 radical (unpaired) electrons. The van der Waals surface area contributed by atoms with Crippen molar-refractivity contribution in [3.63, 3.8) is 0 Å². The van der Waals surface area contributed by atoms with E-state index in [1.165, 1.54) is 43.2 Å². The van der Waals surface area contributed by atoms with Crippen LogP contribution in [0.3, 0.4) is 0 Å². The number of aryl methyl sites for hydroxylation is 1. The Labute approximate surface area is 117 Å². The van der Waals surface area contributed by atoms with E-state index < -0.39 is 0 Å². The van der Waals surface area contributed by atoms with Crippen molar-refractivity contribution in [2.24, 2.45) is 0 Å². The van der Waals surface area contributed by atoms with Crippen LogP contribution in [0.5, 0.6) is 0 Å². The Balaban J connectivity index is 1.91. The van der Waals surface area contributed by atoms with E-state index in [1.807, 2.05) is 0 Å². The van der Waals surface area contributed by atoms with Crippen molar-refractivity contribution < 1.29 is 4.74 Å². The smallest absolute Gasteiger partial charge is 0.0576 e. The zero-order valence-corrected chi connectivity index (χ0v) is 12.3. The van der Waals surface area contributed by atoms with Crippen molar-refractivity contribution >= 4 is 0 Å². The predicted molar refractivity (Wildman–Crippen MR) is 80.4 cm³/mol. The van der Waals surface area contributed by atoms with Gasteiger partial charge in [0.2, 0.25) is 0 Å². The Bertz CT molecular complexity index is 354. The molecule has 2 unspecified atom stereocenters. The molecule has 1 fully saturated rings. The second-order valence-corrected chi connectivity index (χ2v) is 5.63. The Morgan fingerprint density at radius 1 is 1.32 bits per heavy atom. The van der Waals surface area contributed by atoms with Crippen molar-refractivity contribution in [3.8, 4) is 0 Å². The van der Waals surface area contributed by atoms with Gasteiger partial charge in [0.1, 0.15) is 0 Å². The van der Waals surface area contributed by atoms with E-state index in [1.54, 1.807) is 0 Å². The van der Waals surface area contributed by atoms with Gasteiger partial charge in [-0.05, 0) is 51.1 Å². The van der Waals surface area contributed by atoms with Gasteiger partial charge in [-0.25, -0.2) is 0 Å². The fourth-order valence-corrected chi connectivity index (χ4v) is 2.73. The van der Waals surface area contributed by atoms with Gasteiger partial charge in [-0.1, -0.05) is 36.8 Å². The van der Waals surface area contributed by atoms with E-state index in [2.05, 4.69) is 43.4 Å². The average Bonchev–Trinajstić information content (AvgIpc) is 2.93. The van der Waals surface area contributed by atoms with Crippen LogP contribution in [-0.2, 0) is 4.74 Å². The summed E-state index contributed by atoms with van der Waals surface area (Å²) in [5, 5.41) is 3.67. The van der Waals surface area contributed by atoms with Gasteiger partial charge in [-0.2, -0.15) is 0 Å². The summed E-state index contributed by atoms with van der Waals surface area (Å²) in [5.74, 6) is 0. The lowest BCUT2D eigenvalue weighted by Gasteiger charge is -2.21. The summed E-state index contributed by atoms with van der Waals surface area (Å²) in [6, 6.07) is 9.42. The molecule has 0 aliphatic carbocycles. The minimum absolute atomic E-state index is 0.477. The number of rotatable bonds is 7. The largest absolute Gasteiger partial charge is 0.378 e. The van der Waals surface area contributed by atoms with Crippen LogP contribution < -0.4 is 5.32 Å². The van der Waals surface area contributed by atoms with Gasteiger partial charge in [0.25, 0.3) is 0 Å². The lowest BCUT2D eigenvalue weighted by atomic mass is 9.98. The number of hydrogen-bond donors (Lipinski definition) is 1. The lowest BCUT2D eigenvalue weighted by Crippen LogP contribution is -2.23. The van der Waals surface area contributed by atoms with Crippen molar-refractivity contribution in [3.05, 3.63) is 35.4 Å². The number of hydrogen-bond acceptors (Lipinski definition) is 2. The van der Waals surface area contributed by atoms with Gasteiger partial charge in [-0.3, -0.25) is 0 Å². The molecule has 1 saturated heterocycles. The standard InChI is InChI=1S/C17H27NO/c1-3-12-18-17(11-10-16-5-4-13-19-16)15-8-6-14(2)7-9-15/h6-9,16-18H,3-5,10-13H2,1-2H3. The molecular weight excluding hydrogens is 234 g/mol. The van der Waals surface area contributed by atoms with Gasteiger partial charge < -0.3 is 10.1 Å². The molecule has 106 valence electrons. The van der Waals surface area contributed by atoms with Crippen molar-refractivity contribution in [2.75, 3.05) is 13.2 Å². The molecule has 2 nitrogen and oxygen atoms in total. The summed E-state index contributed by atoms with van der Waals surface area (Å²) in [6.45, 7) is 6.41.